The molecule has 2 aromatic heterocycles. The Morgan fingerprint density at radius 2 is 0.702 bits per heavy atom. The minimum atomic E-state index is -0.776. The van der Waals surface area contributed by atoms with Crippen LogP contribution in [-0.4, -0.2) is 54.3 Å². The Morgan fingerprint density at radius 3 is 1.32 bits per heavy atom. The number of nitrogens with zero attached hydrogens (tertiary/aromatic N) is 5. The van der Waals surface area contributed by atoms with Gasteiger partial charge in [-0.15, -0.1) is 0 Å². The standard InChI is InChI=1S/C84H53B2N5OTe2/c1-6-26-54(27-7-1)87(55-28-8-2-9-29-55)60-50-76-82-78(51-60)92-77-53-73-67(52-68(77)86(82)65-40-18-20-42-69(65)89(76)57-32-12-4-13-33-57)85-66-41-19-21-43-70(66)91(72-45-25-39-64-62-37-17-23-47-80(62)94-84(64)72)75-49-59(48-74(81(75)85)90(73)58-34-14-5-15-35-58)88(56-30-10-3-11-31-56)71-44-24-38-63-61-36-16-22-46-79(61)93-83(63)71/h1-53H. The molecule has 0 spiro atoms. The van der Waals surface area contributed by atoms with Gasteiger partial charge in [0.2, 0.25) is 0 Å². The maximum Gasteiger partial charge on any atom is -0.0380 e. The van der Waals surface area contributed by atoms with Crippen molar-refractivity contribution >= 4 is 208 Å². The van der Waals surface area contributed by atoms with E-state index in [0.29, 0.717) is 0 Å². The normalized spacial score (nSPS) is 13.1. The summed E-state index contributed by atoms with van der Waals surface area (Å²) in [6.07, 6.45) is 0. The molecule has 6 heterocycles. The van der Waals surface area contributed by atoms with Gasteiger partial charge < -0.3 is 9.80 Å². The van der Waals surface area contributed by atoms with Crippen molar-refractivity contribution in [3.05, 3.63) is 322 Å². The van der Waals surface area contributed by atoms with Crippen molar-refractivity contribution in [3.8, 4) is 11.5 Å². The van der Waals surface area contributed by atoms with Crippen LogP contribution in [0.5, 0.6) is 11.5 Å². The Bertz CT molecular complexity index is 5690. The van der Waals surface area contributed by atoms with Gasteiger partial charge in [-0.2, -0.15) is 0 Å². The first-order chi connectivity index (χ1) is 46.7. The summed E-state index contributed by atoms with van der Waals surface area (Å²) in [6, 6.07) is 120. The van der Waals surface area contributed by atoms with Crippen LogP contribution in [-0.2, 0) is 0 Å². The summed E-state index contributed by atoms with van der Waals surface area (Å²) in [7, 11) is 0. The Morgan fingerprint density at radius 1 is 0.266 bits per heavy atom. The molecule has 16 aromatic rings. The molecule has 94 heavy (non-hydrogen) atoms. The predicted octanol–water partition coefficient (Wildman–Crippen LogP) is 17.8. The minimum Gasteiger partial charge on any atom is -0.0602 e. The summed E-state index contributed by atoms with van der Waals surface area (Å²) in [6.45, 7) is -0.340. The third kappa shape index (κ3) is 8.24. The van der Waals surface area contributed by atoms with E-state index < -0.39 is 40.9 Å². The van der Waals surface area contributed by atoms with Crippen molar-refractivity contribution in [1.29, 1.82) is 0 Å². The van der Waals surface area contributed by atoms with E-state index in [2.05, 4.69) is 346 Å². The molecule has 14 aromatic carbocycles. The Hall–Kier alpha value is -10.4. The van der Waals surface area contributed by atoms with E-state index in [1.54, 1.807) is 0 Å². The molecule has 0 unspecified atom stereocenters. The largest absolute Gasteiger partial charge is 0.0602 e. The third-order valence-electron chi connectivity index (χ3n) is 19.6. The number of para-hydroxylation sites is 7. The number of fused-ring (bicyclic) bond motifs is 14. The van der Waals surface area contributed by atoms with Crippen molar-refractivity contribution < 1.29 is 4.74 Å². The summed E-state index contributed by atoms with van der Waals surface area (Å²) in [4.78, 5) is 12.6. The van der Waals surface area contributed by atoms with E-state index in [-0.39, 0.29) is 13.4 Å². The fraction of sp³-hybridized carbons (Fsp3) is 0. The quantitative estimate of drug-likeness (QED) is 0.134. The predicted molar refractivity (Wildman–Crippen MR) is 400 cm³/mol. The van der Waals surface area contributed by atoms with E-state index in [1.807, 2.05) is 0 Å². The van der Waals surface area contributed by atoms with Gasteiger partial charge in [-0.1, -0.05) is 66.7 Å². The van der Waals surface area contributed by atoms with E-state index in [0.717, 1.165) is 85.0 Å². The Balaban J connectivity index is 0.879. The van der Waals surface area contributed by atoms with Gasteiger partial charge in [-0.25, -0.2) is 0 Å². The first kappa shape index (κ1) is 54.2. The fourth-order valence-corrected chi connectivity index (χ4v) is 22.6. The van der Waals surface area contributed by atoms with E-state index in [9.17, 15) is 0 Å². The van der Waals surface area contributed by atoms with Crippen LogP contribution in [0.25, 0.3) is 35.2 Å². The SMILES string of the molecule is c1ccc(N(c2ccccc2)c2cc3c4c(c2)N(c2ccccc2)c2ccccc2B4c2cc4c(cc2O3)N(c2ccccc2)c2cc(N(c3ccccc3)c3cccc5c3[te]c3ccccc35)cc3c2B4c2ccccc2N3c2cccc3c2[te]c2ccccc23)cc1. The number of hydrogen-bond donors (Lipinski definition) is 0. The van der Waals surface area contributed by atoms with E-state index in [4.69, 9.17) is 4.74 Å². The molecule has 0 fully saturated rings. The molecule has 438 valence electrons. The summed E-state index contributed by atoms with van der Waals surface area (Å²) in [5.41, 5.74) is 24.2. The summed E-state index contributed by atoms with van der Waals surface area (Å²) >= 11 is -1.53. The maximum absolute atomic E-state index is 7.80. The van der Waals surface area contributed by atoms with Crippen LogP contribution in [0, 0.1) is 0 Å². The molecule has 0 bridgehead atoms. The zero-order chi connectivity index (χ0) is 61.5. The molecule has 0 radical (unpaired) electrons. The van der Waals surface area contributed by atoms with E-state index >= 15 is 0 Å². The monoisotopic (exact) mass is 1430 g/mol. The molecule has 4 aliphatic rings. The minimum absolute atomic E-state index is 0.169. The van der Waals surface area contributed by atoms with E-state index in [1.165, 1.54) is 79.8 Å². The van der Waals surface area contributed by atoms with Gasteiger partial charge in [0.1, 0.15) is 0 Å². The van der Waals surface area contributed by atoms with Crippen LogP contribution in [0.1, 0.15) is 0 Å². The number of anilines is 15. The van der Waals surface area contributed by atoms with Gasteiger partial charge in [-0.05, 0) is 48.5 Å². The second kappa shape index (κ2) is 21.6. The molecule has 0 aliphatic carbocycles. The van der Waals surface area contributed by atoms with Gasteiger partial charge in [-0.3, -0.25) is 0 Å². The van der Waals surface area contributed by atoms with Crippen LogP contribution in [0.4, 0.5) is 85.3 Å². The average molecular weight is 1430 g/mol. The number of rotatable bonds is 9. The van der Waals surface area contributed by atoms with Crippen molar-refractivity contribution in [2.75, 3.05) is 24.5 Å². The molecule has 0 saturated heterocycles. The van der Waals surface area contributed by atoms with Crippen LogP contribution < -0.4 is 62.0 Å². The van der Waals surface area contributed by atoms with Crippen molar-refractivity contribution in [1.82, 2.24) is 0 Å². The topological polar surface area (TPSA) is 25.4 Å². The summed E-state index contributed by atoms with van der Waals surface area (Å²) < 4.78 is 13.7. The summed E-state index contributed by atoms with van der Waals surface area (Å²) in [5.74, 6) is 1.68. The van der Waals surface area contributed by atoms with Crippen molar-refractivity contribution in [3.63, 3.8) is 0 Å². The van der Waals surface area contributed by atoms with Crippen molar-refractivity contribution in [2.45, 2.75) is 0 Å². The van der Waals surface area contributed by atoms with Crippen LogP contribution in [0.2, 0.25) is 0 Å². The Kier molecular flexibility index (Phi) is 12.4. The number of hydrogen-bond acceptors (Lipinski definition) is 6. The molecular formula is C84H53B2N5OTe2. The van der Waals surface area contributed by atoms with Gasteiger partial charge in [0, 0.05) is 23.1 Å². The van der Waals surface area contributed by atoms with Crippen LogP contribution in [0.15, 0.2) is 322 Å². The van der Waals surface area contributed by atoms with Gasteiger partial charge in [0.15, 0.2) is 0 Å². The smallest absolute Gasteiger partial charge is 0.0380 e. The van der Waals surface area contributed by atoms with Crippen molar-refractivity contribution in [2.24, 2.45) is 0 Å². The zero-order valence-electron chi connectivity index (χ0n) is 50.7. The summed E-state index contributed by atoms with van der Waals surface area (Å²) in [5, 5.41) is 5.45. The molecule has 0 N–H and O–H groups in total. The molecule has 0 amide bonds. The first-order valence-electron chi connectivity index (χ1n) is 32.1. The number of benzene rings is 14. The third-order valence-corrected chi connectivity index (χ3v) is 26.5. The number of ether oxygens (including phenoxy) is 1. The van der Waals surface area contributed by atoms with Crippen LogP contribution >= 0.6 is 0 Å². The second-order valence-corrected chi connectivity index (χ2v) is 30.7. The second-order valence-electron chi connectivity index (χ2n) is 24.7. The molecule has 0 saturated carbocycles. The van der Waals surface area contributed by atoms with Gasteiger partial charge in [0.05, 0.1) is 5.69 Å². The molecule has 0 atom stereocenters. The maximum atomic E-state index is 7.80. The Labute approximate surface area is 565 Å². The average Bonchev–Trinajstić information content (AvgIpc) is 0.974. The molecule has 4 aliphatic heterocycles. The molecule has 20 rings (SSSR count). The molecule has 10 heteroatoms. The van der Waals surface area contributed by atoms with Crippen LogP contribution in [0.3, 0.4) is 0 Å². The fourth-order valence-electron chi connectivity index (χ4n) is 15.8. The zero-order valence-corrected chi connectivity index (χ0v) is 55.4. The van der Waals surface area contributed by atoms with Gasteiger partial charge in [0.25, 0.3) is 0 Å². The van der Waals surface area contributed by atoms with Gasteiger partial charge >= 0.3 is 416 Å². The molecular weight excluding hydrogens is 1370 g/mol. The molecule has 6 nitrogen and oxygen atoms in total. The first-order valence-corrected chi connectivity index (χ1v) is 36.8.